The lowest BCUT2D eigenvalue weighted by molar-refractivity contribution is -0.118. The highest BCUT2D eigenvalue weighted by molar-refractivity contribution is 6.05. The molecule has 0 aromatic heterocycles. The van der Waals surface area contributed by atoms with Crippen LogP contribution in [-0.4, -0.2) is 41.8 Å². The lowest BCUT2D eigenvalue weighted by atomic mass is 9.80. The molecule has 0 radical (unpaired) electrons. The third kappa shape index (κ3) is 4.36. The van der Waals surface area contributed by atoms with E-state index in [1.807, 2.05) is 12.1 Å². The van der Waals surface area contributed by atoms with Crippen LogP contribution < -0.4 is 10.6 Å². The lowest BCUT2D eigenvalue weighted by Gasteiger charge is -2.34. The maximum atomic E-state index is 13.5. The second kappa shape index (κ2) is 8.96. The molecule has 172 valence electrons. The number of nitrogens with zero attached hydrogens (tertiary/aromatic N) is 1. The molecule has 6 nitrogen and oxygen atoms in total. The van der Waals surface area contributed by atoms with Gasteiger partial charge in [-0.25, -0.2) is 4.39 Å². The average molecular weight is 450 g/mol. The molecule has 5 rings (SSSR count). The van der Waals surface area contributed by atoms with E-state index in [1.54, 1.807) is 17.0 Å². The molecule has 3 aliphatic rings. The summed E-state index contributed by atoms with van der Waals surface area (Å²) in [5.74, 6) is -0.994. The highest BCUT2D eigenvalue weighted by atomic mass is 19.1. The van der Waals surface area contributed by atoms with E-state index < -0.39 is 5.82 Å². The fourth-order valence-corrected chi connectivity index (χ4v) is 5.47. The zero-order chi connectivity index (χ0) is 22.9. The number of carbonyl (C=O) groups excluding carboxylic acids is 3. The van der Waals surface area contributed by atoms with Gasteiger partial charge in [-0.2, -0.15) is 0 Å². The molecule has 1 atom stereocenters. The van der Waals surface area contributed by atoms with Gasteiger partial charge in [-0.3, -0.25) is 14.4 Å². The maximum Gasteiger partial charge on any atom is 0.253 e. The number of nitrogens with one attached hydrogen (secondary N) is 2. The second-order valence-corrected chi connectivity index (χ2v) is 9.36. The Morgan fingerprint density at radius 2 is 1.73 bits per heavy atom. The molecule has 2 aromatic carbocycles. The van der Waals surface area contributed by atoms with Crippen molar-refractivity contribution in [3.63, 3.8) is 0 Å². The molecule has 1 saturated carbocycles. The van der Waals surface area contributed by atoms with Crippen LogP contribution in [0.5, 0.6) is 0 Å². The molecule has 2 heterocycles. The Morgan fingerprint density at radius 3 is 2.45 bits per heavy atom. The van der Waals surface area contributed by atoms with Crippen molar-refractivity contribution in [2.24, 2.45) is 5.92 Å². The van der Waals surface area contributed by atoms with Crippen LogP contribution in [0.4, 0.5) is 10.1 Å². The Bertz CT molecular complexity index is 1090. The number of benzene rings is 2. The quantitative estimate of drug-likeness (QED) is 0.738. The van der Waals surface area contributed by atoms with E-state index in [4.69, 9.17) is 0 Å². The minimum atomic E-state index is -0.428. The fourth-order valence-electron chi connectivity index (χ4n) is 5.47. The van der Waals surface area contributed by atoms with Crippen LogP contribution in [0.25, 0.3) is 0 Å². The van der Waals surface area contributed by atoms with Gasteiger partial charge in [0.15, 0.2) is 0 Å². The first kappa shape index (κ1) is 21.6. The van der Waals surface area contributed by atoms with Gasteiger partial charge in [0.25, 0.3) is 11.8 Å². The van der Waals surface area contributed by atoms with E-state index in [1.165, 1.54) is 18.2 Å². The molecule has 2 aliphatic heterocycles. The molecule has 1 unspecified atom stereocenters. The summed E-state index contributed by atoms with van der Waals surface area (Å²) < 4.78 is 13.5. The molecule has 0 bridgehead atoms. The zero-order valence-electron chi connectivity index (χ0n) is 18.5. The topological polar surface area (TPSA) is 78.5 Å². The first-order chi connectivity index (χ1) is 16.0. The van der Waals surface area contributed by atoms with Crippen molar-refractivity contribution in [1.29, 1.82) is 0 Å². The van der Waals surface area contributed by atoms with E-state index >= 15 is 0 Å². The van der Waals surface area contributed by atoms with Gasteiger partial charge in [-0.1, -0.05) is 18.9 Å². The normalized spacial score (nSPS) is 21.1. The van der Waals surface area contributed by atoms with Crippen molar-refractivity contribution in [2.45, 2.75) is 50.5 Å². The van der Waals surface area contributed by atoms with Gasteiger partial charge in [0.2, 0.25) is 5.91 Å². The van der Waals surface area contributed by atoms with Crippen molar-refractivity contribution < 1.29 is 18.8 Å². The number of anilines is 1. The third-order valence-electron chi connectivity index (χ3n) is 7.25. The van der Waals surface area contributed by atoms with Crippen molar-refractivity contribution in [2.75, 3.05) is 18.4 Å². The Morgan fingerprint density at radius 1 is 0.970 bits per heavy atom. The second-order valence-electron chi connectivity index (χ2n) is 9.36. The van der Waals surface area contributed by atoms with E-state index in [2.05, 4.69) is 10.6 Å². The SMILES string of the molecule is O=C(NC1CCCC1)c1ccc2c(c1)C(C1CCN(C(=O)c3cccc(F)c3)CC1)C(=O)N2. The number of halogens is 1. The molecule has 1 aliphatic carbocycles. The van der Waals surface area contributed by atoms with Crippen LogP contribution in [0.15, 0.2) is 42.5 Å². The minimum Gasteiger partial charge on any atom is -0.349 e. The predicted molar refractivity (Wildman–Crippen MR) is 123 cm³/mol. The van der Waals surface area contributed by atoms with Gasteiger partial charge in [0.1, 0.15) is 5.82 Å². The zero-order valence-corrected chi connectivity index (χ0v) is 18.5. The van der Waals surface area contributed by atoms with Crippen molar-refractivity contribution in [3.05, 3.63) is 65.0 Å². The van der Waals surface area contributed by atoms with Gasteiger partial charge in [0.05, 0.1) is 5.92 Å². The van der Waals surface area contributed by atoms with E-state index in [-0.39, 0.29) is 35.6 Å². The van der Waals surface area contributed by atoms with Crippen LogP contribution in [0.2, 0.25) is 0 Å². The molecule has 2 N–H and O–H groups in total. The Balaban J connectivity index is 1.27. The van der Waals surface area contributed by atoms with E-state index in [0.29, 0.717) is 37.1 Å². The number of hydrogen-bond acceptors (Lipinski definition) is 3. The molecular weight excluding hydrogens is 421 g/mol. The Labute approximate surface area is 192 Å². The van der Waals surface area contributed by atoms with Crippen LogP contribution in [-0.2, 0) is 4.79 Å². The minimum absolute atomic E-state index is 0.0479. The first-order valence-electron chi connectivity index (χ1n) is 11.8. The summed E-state index contributed by atoms with van der Waals surface area (Å²) in [6, 6.07) is 11.4. The molecule has 2 fully saturated rings. The smallest absolute Gasteiger partial charge is 0.253 e. The molecule has 3 amide bonds. The average Bonchev–Trinajstić information content (AvgIpc) is 3.45. The van der Waals surface area contributed by atoms with Crippen LogP contribution >= 0.6 is 0 Å². The number of piperidine rings is 1. The van der Waals surface area contributed by atoms with Crippen molar-refractivity contribution >= 4 is 23.4 Å². The van der Waals surface area contributed by atoms with Crippen LogP contribution in [0.3, 0.4) is 0 Å². The summed E-state index contributed by atoms with van der Waals surface area (Å²) in [6.45, 7) is 1.03. The summed E-state index contributed by atoms with van der Waals surface area (Å²) >= 11 is 0. The molecule has 2 aromatic rings. The number of likely N-dealkylation sites (tertiary alicyclic amines) is 1. The fraction of sp³-hybridized carbons (Fsp3) is 0.423. The Kier molecular flexibility index (Phi) is 5.87. The summed E-state index contributed by atoms with van der Waals surface area (Å²) in [5.41, 5.74) is 2.56. The van der Waals surface area contributed by atoms with Crippen LogP contribution in [0.1, 0.15) is 70.7 Å². The molecular formula is C26H28FN3O3. The monoisotopic (exact) mass is 449 g/mol. The molecule has 1 saturated heterocycles. The van der Waals surface area contributed by atoms with E-state index in [0.717, 1.165) is 36.9 Å². The van der Waals surface area contributed by atoms with Gasteiger partial charge >= 0.3 is 0 Å². The first-order valence-corrected chi connectivity index (χ1v) is 11.8. The summed E-state index contributed by atoms with van der Waals surface area (Å²) in [5, 5.41) is 6.07. The van der Waals surface area contributed by atoms with Gasteiger partial charge < -0.3 is 15.5 Å². The number of rotatable bonds is 4. The number of amides is 3. The predicted octanol–water partition coefficient (Wildman–Crippen LogP) is 4.09. The summed E-state index contributed by atoms with van der Waals surface area (Å²) in [7, 11) is 0. The number of hydrogen-bond donors (Lipinski definition) is 2. The van der Waals surface area contributed by atoms with Crippen LogP contribution in [0, 0.1) is 11.7 Å². The number of carbonyl (C=O) groups is 3. The van der Waals surface area contributed by atoms with Gasteiger partial charge in [-0.15, -0.1) is 0 Å². The number of fused-ring (bicyclic) bond motifs is 1. The summed E-state index contributed by atoms with van der Waals surface area (Å²) in [6.07, 6.45) is 5.69. The van der Waals surface area contributed by atoms with E-state index in [9.17, 15) is 18.8 Å². The Hall–Kier alpha value is -3.22. The van der Waals surface area contributed by atoms with Crippen molar-refractivity contribution in [3.8, 4) is 0 Å². The molecule has 33 heavy (non-hydrogen) atoms. The van der Waals surface area contributed by atoms with Gasteiger partial charge in [0, 0.05) is 35.9 Å². The summed E-state index contributed by atoms with van der Waals surface area (Å²) in [4.78, 5) is 40.1. The maximum absolute atomic E-state index is 13.5. The third-order valence-corrected chi connectivity index (χ3v) is 7.25. The molecule has 0 spiro atoms. The molecule has 7 heteroatoms. The largest absolute Gasteiger partial charge is 0.349 e. The van der Waals surface area contributed by atoms with Crippen molar-refractivity contribution in [1.82, 2.24) is 10.2 Å². The lowest BCUT2D eigenvalue weighted by Crippen LogP contribution is -2.40. The highest BCUT2D eigenvalue weighted by Gasteiger charge is 2.39. The van der Waals surface area contributed by atoms with Gasteiger partial charge in [-0.05, 0) is 73.6 Å². The standard InChI is InChI=1S/C26H28FN3O3/c27-19-5-3-4-18(14-19)26(33)30-12-10-16(11-13-30)23-21-15-17(8-9-22(21)29-25(23)32)24(31)28-20-6-1-2-7-20/h3-5,8-9,14-16,20,23H,1-2,6-7,10-13H2,(H,28,31)(H,29,32). The highest BCUT2D eigenvalue weighted by Crippen LogP contribution is 2.42.